The van der Waals surface area contributed by atoms with Gasteiger partial charge in [0.25, 0.3) is 0 Å². The number of hydrogen-bond acceptors (Lipinski definition) is 7. The highest BCUT2D eigenvalue weighted by Gasteiger charge is 2.36. The third kappa shape index (κ3) is 9.91. The van der Waals surface area contributed by atoms with Crippen LogP contribution in [0, 0.1) is 0 Å². The Balaban J connectivity index is 4.07. The molecule has 0 fully saturated rings. The molecule has 0 radical (unpaired) electrons. The minimum absolute atomic E-state index is 0.307. The van der Waals surface area contributed by atoms with Gasteiger partial charge in [0, 0.05) is 66.8 Å². The van der Waals surface area contributed by atoms with Gasteiger partial charge in [0.05, 0.1) is 0 Å². The van der Waals surface area contributed by atoms with Gasteiger partial charge in [-0.2, -0.15) is 0 Å². The van der Waals surface area contributed by atoms with E-state index in [-0.39, 0.29) is 11.8 Å². The van der Waals surface area contributed by atoms with Crippen LogP contribution in [-0.4, -0.2) is 77.8 Å². The van der Waals surface area contributed by atoms with Gasteiger partial charge in [0.15, 0.2) is 0 Å². The Bertz CT molecular complexity index is 426. The molecule has 2 N–H and O–H groups in total. The lowest BCUT2D eigenvalue weighted by atomic mass is 10.4. The summed E-state index contributed by atoms with van der Waals surface area (Å²) in [5.74, 6) is -0.635. The first-order chi connectivity index (χ1) is 13.4. The lowest BCUT2D eigenvalue weighted by molar-refractivity contribution is -0.118. The van der Waals surface area contributed by atoms with Crippen molar-refractivity contribution >= 4 is 29.2 Å². The molecular formula is C17H36N2O7Si2. The van der Waals surface area contributed by atoms with Crippen LogP contribution in [-0.2, 0) is 31.7 Å². The molecule has 0 saturated heterocycles. The van der Waals surface area contributed by atoms with Gasteiger partial charge >= 0.3 is 17.4 Å². The van der Waals surface area contributed by atoms with E-state index in [1.165, 1.54) is 12.2 Å². The summed E-state index contributed by atoms with van der Waals surface area (Å²) in [5, 5.41) is 5.47. The van der Waals surface area contributed by atoms with E-state index in [4.69, 9.17) is 22.1 Å². The average Bonchev–Trinajstić information content (AvgIpc) is 2.73. The number of rotatable bonds is 16. The van der Waals surface area contributed by atoms with Crippen molar-refractivity contribution in [1.29, 1.82) is 0 Å². The first-order valence-electron chi connectivity index (χ1n) is 9.36. The van der Waals surface area contributed by atoms with Gasteiger partial charge < -0.3 is 32.8 Å². The molecule has 0 unspecified atom stereocenters. The van der Waals surface area contributed by atoms with Gasteiger partial charge in [-0.25, -0.2) is 0 Å². The van der Waals surface area contributed by atoms with E-state index in [0.717, 1.165) is 18.5 Å². The van der Waals surface area contributed by atoms with Crippen molar-refractivity contribution in [2.24, 2.45) is 0 Å². The lowest BCUT2D eigenvalue weighted by Gasteiger charge is -2.25. The second kappa shape index (κ2) is 14.8. The van der Waals surface area contributed by atoms with Gasteiger partial charge in [-0.15, -0.1) is 0 Å². The first-order valence-corrected chi connectivity index (χ1v) is 13.5. The highest BCUT2D eigenvalue weighted by atomic mass is 28.4. The predicted octanol–water partition coefficient (Wildman–Crippen LogP) is 1.19. The predicted molar refractivity (Wildman–Crippen MR) is 111 cm³/mol. The van der Waals surface area contributed by atoms with Crippen molar-refractivity contribution in [1.82, 2.24) is 10.6 Å². The molecule has 0 aromatic heterocycles. The largest absolute Gasteiger partial charge is 0.500 e. The molecule has 2 amide bonds. The third-order valence-electron chi connectivity index (χ3n) is 4.59. The molecule has 0 bridgehead atoms. The number of nitrogens with one attached hydrogen (secondary N) is 2. The minimum Gasteiger partial charge on any atom is -0.398 e. The van der Waals surface area contributed by atoms with Crippen molar-refractivity contribution in [2.45, 2.75) is 37.9 Å². The number of amides is 2. The smallest absolute Gasteiger partial charge is 0.398 e. The van der Waals surface area contributed by atoms with E-state index in [2.05, 4.69) is 10.6 Å². The third-order valence-corrected chi connectivity index (χ3v) is 11.1. The number of carbonyl (C=O) groups is 2. The van der Waals surface area contributed by atoms with Gasteiger partial charge in [0.2, 0.25) is 11.8 Å². The van der Waals surface area contributed by atoms with Gasteiger partial charge in [-0.05, 0) is 24.9 Å². The zero-order valence-corrected chi connectivity index (χ0v) is 20.0. The Kier molecular flexibility index (Phi) is 14.3. The second-order valence-corrected chi connectivity index (χ2v) is 13.0. The summed E-state index contributed by atoms with van der Waals surface area (Å²) in [5.41, 5.74) is 0. The molecule has 0 aliphatic carbocycles. The monoisotopic (exact) mass is 436 g/mol. The normalized spacial score (nSPS) is 12.4. The van der Waals surface area contributed by atoms with Crippen LogP contribution in [0.1, 0.15) is 19.8 Å². The van der Waals surface area contributed by atoms with Crippen LogP contribution in [0.5, 0.6) is 0 Å². The molecule has 0 spiro atoms. The molecule has 11 heteroatoms. The van der Waals surface area contributed by atoms with Crippen LogP contribution in [0.2, 0.25) is 18.1 Å². The zero-order valence-electron chi connectivity index (χ0n) is 18.0. The molecule has 0 aliphatic rings. The highest BCUT2D eigenvalue weighted by Crippen LogP contribution is 2.18. The SMILES string of the molecule is CC[Si](CCCNC(=O)/C=C/C(=O)NCCC[Si](OC)(OC)OC)(OC)OC. The fraction of sp³-hybridized carbons (Fsp3) is 0.765. The molecule has 0 heterocycles. The average molecular weight is 437 g/mol. The maximum Gasteiger partial charge on any atom is 0.500 e. The second-order valence-electron chi connectivity index (χ2n) is 6.09. The fourth-order valence-corrected chi connectivity index (χ4v) is 6.61. The molecule has 0 aliphatic heterocycles. The lowest BCUT2D eigenvalue weighted by Crippen LogP contribution is -2.43. The van der Waals surface area contributed by atoms with Crippen molar-refractivity contribution in [3.05, 3.63) is 12.2 Å². The summed E-state index contributed by atoms with van der Waals surface area (Å²) in [6.45, 7) is 2.98. The van der Waals surface area contributed by atoms with E-state index in [0.29, 0.717) is 25.6 Å². The van der Waals surface area contributed by atoms with Crippen LogP contribution in [0.15, 0.2) is 12.2 Å². The van der Waals surface area contributed by atoms with E-state index in [9.17, 15) is 9.59 Å². The van der Waals surface area contributed by atoms with Gasteiger partial charge in [-0.1, -0.05) is 6.92 Å². The summed E-state index contributed by atoms with van der Waals surface area (Å²) in [4.78, 5) is 23.6. The van der Waals surface area contributed by atoms with Gasteiger partial charge in [-0.3, -0.25) is 9.59 Å². The zero-order chi connectivity index (χ0) is 21.5. The molecule has 0 aromatic carbocycles. The summed E-state index contributed by atoms with van der Waals surface area (Å²) < 4.78 is 27.0. The molecule has 9 nitrogen and oxygen atoms in total. The maximum atomic E-state index is 11.8. The van der Waals surface area contributed by atoms with Crippen LogP contribution < -0.4 is 10.6 Å². The summed E-state index contributed by atoms with van der Waals surface area (Å²) in [6.07, 6.45) is 3.86. The van der Waals surface area contributed by atoms with E-state index in [1.807, 2.05) is 6.92 Å². The molecule has 0 atom stereocenters. The van der Waals surface area contributed by atoms with Crippen molar-refractivity contribution in [2.75, 3.05) is 48.6 Å². The molecule has 28 heavy (non-hydrogen) atoms. The summed E-state index contributed by atoms with van der Waals surface area (Å²) in [7, 11) is 3.25. The van der Waals surface area contributed by atoms with E-state index >= 15 is 0 Å². The summed E-state index contributed by atoms with van der Waals surface area (Å²) in [6, 6.07) is 2.25. The van der Waals surface area contributed by atoms with Crippen LogP contribution in [0.4, 0.5) is 0 Å². The molecule has 164 valence electrons. The van der Waals surface area contributed by atoms with E-state index < -0.39 is 17.4 Å². The van der Waals surface area contributed by atoms with Crippen LogP contribution in [0.25, 0.3) is 0 Å². The highest BCUT2D eigenvalue weighted by molar-refractivity contribution is 6.67. The van der Waals surface area contributed by atoms with Crippen molar-refractivity contribution in [3.63, 3.8) is 0 Å². The number of carbonyl (C=O) groups excluding carboxylic acids is 2. The number of hydrogen-bond donors (Lipinski definition) is 2. The van der Waals surface area contributed by atoms with Crippen molar-refractivity contribution in [3.8, 4) is 0 Å². The fourth-order valence-electron chi connectivity index (χ4n) is 2.66. The van der Waals surface area contributed by atoms with Gasteiger partial charge in [0.1, 0.15) is 0 Å². The maximum absolute atomic E-state index is 11.8. The minimum atomic E-state index is -2.62. The van der Waals surface area contributed by atoms with E-state index in [1.54, 1.807) is 35.5 Å². The Labute approximate surface area is 170 Å². The Morgan fingerprint density at radius 1 is 0.750 bits per heavy atom. The quantitative estimate of drug-likeness (QED) is 0.213. The Hall–Kier alpha value is -1.09. The molecular weight excluding hydrogens is 400 g/mol. The topological polar surface area (TPSA) is 104 Å². The molecule has 0 saturated carbocycles. The van der Waals surface area contributed by atoms with Crippen molar-refractivity contribution < 1.29 is 31.7 Å². The van der Waals surface area contributed by atoms with Crippen LogP contribution in [0.3, 0.4) is 0 Å². The Morgan fingerprint density at radius 2 is 1.18 bits per heavy atom. The molecule has 0 aromatic rings. The molecule has 0 rings (SSSR count). The van der Waals surface area contributed by atoms with Crippen LogP contribution >= 0.6 is 0 Å². The summed E-state index contributed by atoms with van der Waals surface area (Å²) >= 11 is 0. The standard InChI is InChI=1S/C17H36N2O7Si2/c1-7-27(22-2,23-3)14-8-12-18-16(20)10-11-17(21)19-13-9-15-28(24-4,25-5)26-6/h10-11H,7-9,12-15H2,1-6H3,(H,18,20)(H,19,21)/b11-10+. The Morgan fingerprint density at radius 3 is 1.54 bits per heavy atom. The first kappa shape index (κ1) is 26.9.